The minimum absolute atomic E-state index is 0.0100. The monoisotopic (exact) mass is 529 g/mol. The smallest absolute Gasteiger partial charge is 0.303 e. The van der Waals surface area contributed by atoms with Crippen molar-refractivity contribution in [3.05, 3.63) is 52.7 Å². The number of nitrogens with one attached hydrogen (secondary N) is 1. The number of rotatable bonds is 13. The number of nitrogens with zero attached hydrogens (tertiary/aromatic N) is 2. The molecule has 1 aliphatic rings. The predicted molar refractivity (Wildman–Crippen MR) is 138 cm³/mol. The Morgan fingerprint density at radius 3 is 2.59 bits per heavy atom. The van der Waals surface area contributed by atoms with Gasteiger partial charge in [-0.1, -0.05) is 29.8 Å². The molecule has 0 aliphatic heterocycles. The minimum Gasteiger partial charge on any atom is -0.481 e. The first-order valence-electron chi connectivity index (χ1n) is 12.2. The van der Waals surface area contributed by atoms with Gasteiger partial charge in [0.05, 0.1) is 29.8 Å². The topological polar surface area (TPSA) is 142 Å². The Hall–Kier alpha value is -3.12. The summed E-state index contributed by atoms with van der Waals surface area (Å²) in [5.41, 5.74) is 4.11. The number of carbonyl (C=O) groups excluding carboxylic acids is 1. The number of aromatic nitrogens is 1. The largest absolute Gasteiger partial charge is 0.481 e. The fourth-order valence-electron chi connectivity index (χ4n) is 4.18. The van der Waals surface area contributed by atoms with E-state index in [4.69, 9.17) is 19.2 Å². The number of carboxylic acid groups (broad SMARTS) is 1. The number of amides is 1. The summed E-state index contributed by atoms with van der Waals surface area (Å²) in [4.78, 5) is 28.3. The molecule has 1 aromatic carbocycles. The molecular formula is C26H31N3O7S. The molecule has 10 nitrogen and oxygen atoms in total. The van der Waals surface area contributed by atoms with E-state index in [0.29, 0.717) is 34.5 Å². The van der Waals surface area contributed by atoms with Crippen molar-refractivity contribution >= 4 is 34.2 Å². The summed E-state index contributed by atoms with van der Waals surface area (Å²) in [6.07, 6.45) is 2.34. The van der Waals surface area contributed by atoms with Gasteiger partial charge >= 0.3 is 5.97 Å². The Balaban J connectivity index is 1.63. The lowest BCUT2D eigenvalue weighted by molar-refractivity contribution is -0.137. The number of aryl methyl sites for hydroxylation is 1. The zero-order valence-corrected chi connectivity index (χ0v) is 21.7. The molecule has 1 unspecified atom stereocenters. The van der Waals surface area contributed by atoms with E-state index in [1.807, 2.05) is 37.3 Å². The second-order valence-electron chi connectivity index (χ2n) is 9.11. The van der Waals surface area contributed by atoms with Crippen molar-refractivity contribution in [1.82, 2.24) is 14.6 Å². The van der Waals surface area contributed by atoms with E-state index in [2.05, 4.69) is 5.32 Å². The zero-order valence-electron chi connectivity index (χ0n) is 20.9. The Labute approximate surface area is 217 Å². The summed E-state index contributed by atoms with van der Waals surface area (Å²) in [5, 5.41) is 12.0. The first-order valence-corrected chi connectivity index (χ1v) is 13.3. The normalized spacial score (nSPS) is 14.3. The average molecular weight is 530 g/mol. The number of ether oxygens (including phenoxy) is 1. The van der Waals surface area contributed by atoms with Gasteiger partial charge in [-0.05, 0) is 43.7 Å². The molecular weight excluding hydrogens is 498 g/mol. The van der Waals surface area contributed by atoms with E-state index in [-0.39, 0.29) is 44.5 Å². The Kier molecular flexibility index (Phi) is 8.70. The highest BCUT2D eigenvalue weighted by atomic mass is 32.2. The Morgan fingerprint density at radius 2 is 1.97 bits per heavy atom. The molecule has 2 aromatic heterocycles. The molecule has 1 fully saturated rings. The lowest BCUT2D eigenvalue weighted by Gasteiger charge is -2.19. The summed E-state index contributed by atoms with van der Waals surface area (Å²) in [6, 6.07) is 9.62. The molecule has 37 heavy (non-hydrogen) atoms. The van der Waals surface area contributed by atoms with Crippen LogP contribution >= 0.6 is 0 Å². The Morgan fingerprint density at radius 1 is 1.24 bits per heavy atom. The maximum atomic E-state index is 12.9. The van der Waals surface area contributed by atoms with Crippen molar-refractivity contribution in [3.8, 4) is 11.3 Å². The molecule has 11 heteroatoms. The van der Waals surface area contributed by atoms with Crippen molar-refractivity contribution in [2.45, 2.75) is 45.1 Å². The average Bonchev–Trinajstić information content (AvgIpc) is 3.65. The molecule has 198 valence electrons. The molecule has 3 N–H and O–H groups in total. The maximum absolute atomic E-state index is 12.9. The number of hydrogen-bond acceptors (Lipinski definition) is 6. The molecule has 0 radical (unpaired) electrons. The van der Waals surface area contributed by atoms with Gasteiger partial charge in [-0.2, -0.15) is 4.31 Å². The zero-order chi connectivity index (χ0) is 26.5. The molecule has 1 aliphatic carbocycles. The second-order valence-corrected chi connectivity index (χ2v) is 10.1. The van der Waals surface area contributed by atoms with Crippen molar-refractivity contribution in [1.29, 1.82) is 0 Å². The molecule has 4 rings (SSSR count). The van der Waals surface area contributed by atoms with Crippen LogP contribution in [-0.4, -0.2) is 61.8 Å². The second kappa shape index (κ2) is 12.0. The number of aliphatic carboxylic acids is 1. The van der Waals surface area contributed by atoms with Gasteiger partial charge in [-0.25, -0.2) is 9.19 Å². The molecule has 0 bridgehead atoms. The van der Waals surface area contributed by atoms with E-state index >= 15 is 0 Å². The van der Waals surface area contributed by atoms with Crippen LogP contribution in [0.5, 0.6) is 0 Å². The van der Waals surface area contributed by atoms with Crippen molar-refractivity contribution in [3.63, 3.8) is 0 Å². The molecule has 1 amide bonds. The summed E-state index contributed by atoms with van der Waals surface area (Å²) in [6.45, 7) is 2.67. The fraction of sp³-hybridized carbons (Fsp3) is 0.423. The number of hydrogen-bond donors (Lipinski definition) is 3. The maximum Gasteiger partial charge on any atom is 0.303 e. The van der Waals surface area contributed by atoms with Crippen LogP contribution in [0.4, 0.5) is 0 Å². The van der Waals surface area contributed by atoms with Crippen LogP contribution in [0.3, 0.4) is 0 Å². The van der Waals surface area contributed by atoms with Crippen LogP contribution in [0.1, 0.15) is 58.8 Å². The first-order chi connectivity index (χ1) is 17.8. The molecule has 1 saturated carbocycles. The summed E-state index contributed by atoms with van der Waals surface area (Å²) in [7, 11) is 1.57. The van der Waals surface area contributed by atoms with Gasteiger partial charge in [0.25, 0.3) is 5.91 Å². The van der Waals surface area contributed by atoms with Crippen molar-refractivity contribution in [2.75, 3.05) is 26.8 Å². The highest BCUT2D eigenvalue weighted by Gasteiger charge is 2.31. The SMILES string of the molecule is CNC(=O)c1c(-c2ccc(C)cc2)oc2nc(CN(CCOCCCC(=O)O)S(=O)O)c(C3CC3)cc12. The van der Waals surface area contributed by atoms with E-state index < -0.39 is 17.2 Å². The van der Waals surface area contributed by atoms with Gasteiger partial charge in [0.15, 0.2) is 0 Å². The van der Waals surface area contributed by atoms with Gasteiger partial charge in [-0.3, -0.25) is 14.1 Å². The highest BCUT2D eigenvalue weighted by molar-refractivity contribution is 7.76. The first kappa shape index (κ1) is 26.9. The lowest BCUT2D eigenvalue weighted by atomic mass is 10.0. The van der Waals surface area contributed by atoms with E-state index in [1.165, 1.54) is 4.31 Å². The van der Waals surface area contributed by atoms with Crippen LogP contribution in [0, 0.1) is 6.92 Å². The van der Waals surface area contributed by atoms with E-state index in [9.17, 15) is 18.4 Å². The third-order valence-electron chi connectivity index (χ3n) is 6.29. The molecule has 2 heterocycles. The number of carboxylic acids is 1. The number of benzene rings is 1. The van der Waals surface area contributed by atoms with Crippen LogP contribution in [0.2, 0.25) is 0 Å². The van der Waals surface area contributed by atoms with Gasteiger partial charge < -0.3 is 19.6 Å². The molecule has 3 aromatic rings. The van der Waals surface area contributed by atoms with Gasteiger partial charge in [0.1, 0.15) is 5.76 Å². The van der Waals surface area contributed by atoms with Crippen molar-refractivity contribution in [2.24, 2.45) is 0 Å². The summed E-state index contributed by atoms with van der Waals surface area (Å²) < 4.78 is 34.9. The third kappa shape index (κ3) is 6.61. The summed E-state index contributed by atoms with van der Waals surface area (Å²) >= 11 is -2.27. The van der Waals surface area contributed by atoms with Crippen LogP contribution in [0.25, 0.3) is 22.4 Å². The van der Waals surface area contributed by atoms with Crippen LogP contribution in [0.15, 0.2) is 34.7 Å². The standard InChI is InChI=1S/C26H31N3O7S/c1-16-5-7-18(8-6-16)24-23(25(32)27-2)20-14-19(17-9-10-17)21(28-26(20)36-24)15-29(37(33)34)11-13-35-12-3-4-22(30)31/h5-8,14,17H,3-4,9-13,15H2,1-2H3,(H,27,32)(H,30,31)(H,33,34). The number of pyridine rings is 1. The molecule has 0 spiro atoms. The fourth-order valence-corrected chi connectivity index (χ4v) is 4.64. The van der Waals surface area contributed by atoms with E-state index in [0.717, 1.165) is 29.5 Å². The lowest BCUT2D eigenvalue weighted by Crippen LogP contribution is -2.30. The number of fused-ring (bicyclic) bond motifs is 1. The number of carbonyl (C=O) groups is 2. The molecule has 1 atom stereocenters. The van der Waals surface area contributed by atoms with Gasteiger partial charge in [0.2, 0.25) is 17.0 Å². The van der Waals surface area contributed by atoms with Crippen LogP contribution in [-0.2, 0) is 27.3 Å². The third-order valence-corrected chi connectivity index (χ3v) is 7.04. The van der Waals surface area contributed by atoms with Gasteiger partial charge in [0, 0.05) is 32.2 Å². The van der Waals surface area contributed by atoms with Crippen LogP contribution < -0.4 is 5.32 Å². The molecule has 0 saturated heterocycles. The van der Waals surface area contributed by atoms with E-state index in [1.54, 1.807) is 7.05 Å². The minimum atomic E-state index is -2.27. The van der Waals surface area contributed by atoms with Crippen molar-refractivity contribution < 1.29 is 32.6 Å². The quantitative estimate of drug-likeness (QED) is 0.224. The predicted octanol–water partition coefficient (Wildman–Crippen LogP) is 3.86. The highest BCUT2D eigenvalue weighted by Crippen LogP contribution is 2.44. The Bertz CT molecular complexity index is 1300. The number of furan rings is 1. The van der Waals surface area contributed by atoms with Gasteiger partial charge in [-0.15, -0.1) is 0 Å². The summed E-state index contributed by atoms with van der Waals surface area (Å²) in [5.74, 6) is -0.468.